The zero-order valence-electron chi connectivity index (χ0n) is 30.2. The van der Waals surface area contributed by atoms with Gasteiger partial charge in [0.15, 0.2) is 5.96 Å². The Morgan fingerprint density at radius 1 is 0.582 bits per heavy atom. The number of hydrogen-bond donors (Lipinski definition) is 15. The van der Waals surface area contributed by atoms with Crippen LogP contribution in [0.5, 0.6) is 0 Å². The fourth-order valence-electron chi connectivity index (χ4n) is 4.48. The van der Waals surface area contributed by atoms with Gasteiger partial charge in [-0.3, -0.25) is 43.3 Å². The molecule has 55 heavy (non-hydrogen) atoms. The fraction of sp³-hybridized carbons (Fsp3) is 0.667. The Kier molecular flexibility index (Phi) is 23.5. The Morgan fingerprint density at radius 2 is 1.05 bits per heavy atom. The minimum absolute atomic E-state index is 0.0168. The standard InChI is InChI=1S/C30H53N11O14/c1-14(23(48)39-18(11-22(46)47)27(52)40-19(12-42)28(53)41-20(13-43)29(54)55)36-25(50)17(6-4-10-35-30(33)34)38-26(51)16(5-2-3-9-31)37-24(49)15(32)7-8-21(44)45/h14-20,42-43H,2-13,31-32H2,1H3,(H,36,50)(H,37,49)(H,38,51)(H,39,48)(H,40,52)(H,41,53)(H,44,45)(H,46,47)(H,54,55)(H4,33,34,35)/t14-,15-,16-,17-,18-,19-,20-/m0/s1. The molecule has 0 radical (unpaired) electrons. The summed E-state index contributed by atoms with van der Waals surface area (Å²) in [5.41, 5.74) is 22.0. The molecule has 0 aromatic rings. The average Bonchev–Trinajstić information content (AvgIpc) is 3.11. The molecule has 19 N–H and O–H groups in total. The number of unbranched alkanes of at least 4 members (excludes halogenated alkanes) is 1. The lowest BCUT2D eigenvalue weighted by Crippen LogP contribution is -2.60. The maximum absolute atomic E-state index is 13.4. The molecule has 0 aromatic heterocycles. The van der Waals surface area contributed by atoms with E-state index in [2.05, 4.69) is 26.3 Å². The predicted octanol–water partition coefficient (Wildman–Crippen LogP) is -7.17. The van der Waals surface area contributed by atoms with Crippen LogP contribution < -0.4 is 54.8 Å². The number of guanidine groups is 1. The van der Waals surface area contributed by atoms with Crippen LogP contribution in [0.2, 0.25) is 0 Å². The van der Waals surface area contributed by atoms with Crippen molar-refractivity contribution in [1.29, 1.82) is 0 Å². The lowest BCUT2D eigenvalue weighted by atomic mass is 10.0. The van der Waals surface area contributed by atoms with E-state index in [-0.39, 0.29) is 44.7 Å². The molecule has 25 nitrogen and oxygen atoms in total. The second-order valence-electron chi connectivity index (χ2n) is 12.1. The van der Waals surface area contributed by atoms with E-state index in [4.69, 9.17) is 38.3 Å². The molecule has 25 heteroatoms. The quantitative estimate of drug-likeness (QED) is 0.0199. The Labute approximate surface area is 314 Å². The van der Waals surface area contributed by atoms with Gasteiger partial charge in [0.2, 0.25) is 35.4 Å². The van der Waals surface area contributed by atoms with Gasteiger partial charge in [-0.25, -0.2) is 4.79 Å². The smallest absolute Gasteiger partial charge is 0.328 e. The van der Waals surface area contributed by atoms with E-state index in [1.807, 2.05) is 10.6 Å². The Balaban J connectivity index is 6.02. The fourth-order valence-corrected chi connectivity index (χ4v) is 4.48. The van der Waals surface area contributed by atoms with Crippen LogP contribution in [0.25, 0.3) is 0 Å². The topological polar surface area (TPSA) is 443 Å². The van der Waals surface area contributed by atoms with E-state index in [1.165, 1.54) is 0 Å². The van der Waals surface area contributed by atoms with Crippen LogP contribution in [-0.2, 0) is 43.2 Å². The molecule has 0 rings (SSSR count). The van der Waals surface area contributed by atoms with Crippen molar-refractivity contribution in [1.82, 2.24) is 31.9 Å². The first-order valence-corrected chi connectivity index (χ1v) is 17.0. The van der Waals surface area contributed by atoms with Crippen molar-refractivity contribution in [3.63, 3.8) is 0 Å². The highest BCUT2D eigenvalue weighted by atomic mass is 16.4. The van der Waals surface area contributed by atoms with E-state index >= 15 is 0 Å². The van der Waals surface area contributed by atoms with Crippen LogP contribution in [0.1, 0.15) is 58.3 Å². The molecule has 0 aliphatic carbocycles. The van der Waals surface area contributed by atoms with Crippen LogP contribution in [-0.4, -0.2) is 153 Å². The van der Waals surface area contributed by atoms with E-state index in [0.29, 0.717) is 12.8 Å². The van der Waals surface area contributed by atoms with Gasteiger partial charge in [0, 0.05) is 13.0 Å². The second kappa shape index (κ2) is 26.2. The summed E-state index contributed by atoms with van der Waals surface area (Å²) in [6.45, 7) is -0.698. The minimum atomic E-state index is -1.89. The molecule has 6 amide bonds. The number of aliphatic hydroxyl groups is 2. The van der Waals surface area contributed by atoms with Gasteiger partial charge in [-0.2, -0.15) is 0 Å². The van der Waals surface area contributed by atoms with E-state index < -0.39 is 122 Å². The van der Waals surface area contributed by atoms with Crippen LogP contribution >= 0.6 is 0 Å². The Hall–Kier alpha value is -5.66. The predicted molar refractivity (Wildman–Crippen MR) is 189 cm³/mol. The van der Waals surface area contributed by atoms with Crippen molar-refractivity contribution in [2.24, 2.45) is 27.9 Å². The second-order valence-corrected chi connectivity index (χ2v) is 12.1. The number of aliphatic carboxylic acids is 3. The monoisotopic (exact) mass is 791 g/mol. The first-order valence-electron chi connectivity index (χ1n) is 17.0. The Morgan fingerprint density at radius 3 is 1.56 bits per heavy atom. The van der Waals surface area contributed by atoms with E-state index in [9.17, 15) is 53.4 Å². The number of aliphatic hydroxyl groups excluding tert-OH is 2. The van der Waals surface area contributed by atoms with Gasteiger partial charge in [-0.15, -0.1) is 0 Å². The third kappa shape index (κ3) is 20.4. The molecule has 0 aliphatic rings. The summed E-state index contributed by atoms with van der Waals surface area (Å²) in [6.07, 6.45) is -0.808. The van der Waals surface area contributed by atoms with E-state index in [1.54, 1.807) is 0 Å². The van der Waals surface area contributed by atoms with Gasteiger partial charge < -0.3 is 80.4 Å². The number of nitrogens with one attached hydrogen (secondary N) is 6. The molecule has 0 saturated heterocycles. The molecule has 312 valence electrons. The van der Waals surface area contributed by atoms with Gasteiger partial charge >= 0.3 is 17.9 Å². The summed E-state index contributed by atoms with van der Waals surface area (Å²) in [7, 11) is 0. The molecule has 7 atom stereocenters. The number of rotatable bonds is 28. The maximum atomic E-state index is 13.4. The van der Waals surface area contributed by atoms with Gasteiger partial charge in [-0.05, 0) is 52.0 Å². The number of nitrogens with zero attached hydrogens (tertiary/aromatic N) is 1. The summed E-state index contributed by atoms with van der Waals surface area (Å²) in [4.78, 5) is 115. The zero-order chi connectivity index (χ0) is 42.2. The molecule has 0 spiro atoms. The highest BCUT2D eigenvalue weighted by Crippen LogP contribution is 2.07. The van der Waals surface area contributed by atoms with Gasteiger partial charge in [-0.1, -0.05) is 0 Å². The van der Waals surface area contributed by atoms with Gasteiger partial charge in [0.05, 0.1) is 25.7 Å². The number of carbonyl (C=O) groups is 9. The summed E-state index contributed by atoms with van der Waals surface area (Å²) in [5, 5.41) is 59.1. The van der Waals surface area contributed by atoms with E-state index in [0.717, 1.165) is 6.92 Å². The summed E-state index contributed by atoms with van der Waals surface area (Å²) in [5.74, 6) is -10.9. The number of nitrogens with two attached hydrogens (primary N) is 4. The maximum Gasteiger partial charge on any atom is 0.328 e. The molecule has 0 bridgehead atoms. The molecule has 0 heterocycles. The van der Waals surface area contributed by atoms with Crippen LogP contribution in [0.15, 0.2) is 4.99 Å². The number of hydrogen-bond acceptors (Lipinski definition) is 14. The lowest BCUT2D eigenvalue weighted by Gasteiger charge is -2.26. The van der Waals surface area contributed by atoms with Crippen LogP contribution in [0, 0.1) is 0 Å². The number of aliphatic imine (C=N–C) groups is 1. The number of carbonyl (C=O) groups excluding carboxylic acids is 6. The highest BCUT2D eigenvalue weighted by molar-refractivity contribution is 5.97. The van der Waals surface area contributed by atoms with Crippen molar-refractivity contribution in [3.8, 4) is 0 Å². The molecule has 0 aliphatic heterocycles. The molecule has 0 aromatic carbocycles. The summed E-state index contributed by atoms with van der Waals surface area (Å²) in [6, 6.07) is -10.9. The number of amides is 6. The molecular formula is C30H53N11O14. The number of carboxylic acids is 3. The summed E-state index contributed by atoms with van der Waals surface area (Å²) >= 11 is 0. The largest absolute Gasteiger partial charge is 0.481 e. The molecular weight excluding hydrogens is 738 g/mol. The van der Waals surface area contributed by atoms with Crippen molar-refractivity contribution < 1.29 is 68.7 Å². The van der Waals surface area contributed by atoms with Gasteiger partial charge in [0.1, 0.15) is 36.3 Å². The molecule has 0 saturated carbocycles. The van der Waals surface area contributed by atoms with Crippen LogP contribution in [0.4, 0.5) is 0 Å². The van der Waals surface area contributed by atoms with Crippen molar-refractivity contribution in [2.75, 3.05) is 26.3 Å². The van der Waals surface area contributed by atoms with Crippen molar-refractivity contribution in [2.45, 2.75) is 101 Å². The van der Waals surface area contributed by atoms with Gasteiger partial charge in [0.25, 0.3) is 0 Å². The summed E-state index contributed by atoms with van der Waals surface area (Å²) < 4.78 is 0. The number of carboxylic acid groups (broad SMARTS) is 3. The zero-order valence-corrected chi connectivity index (χ0v) is 30.2. The average molecular weight is 792 g/mol. The minimum Gasteiger partial charge on any atom is -0.481 e. The van der Waals surface area contributed by atoms with Crippen molar-refractivity contribution >= 4 is 59.3 Å². The third-order valence-electron chi connectivity index (χ3n) is 7.54. The Bertz CT molecular complexity index is 1380. The van der Waals surface area contributed by atoms with Crippen molar-refractivity contribution in [3.05, 3.63) is 0 Å². The third-order valence-corrected chi connectivity index (χ3v) is 7.54. The molecule has 0 unspecified atom stereocenters. The molecule has 0 fully saturated rings. The normalized spacial score (nSPS) is 14.6. The van der Waals surface area contributed by atoms with Crippen LogP contribution in [0.3, 0.4) is 0 Å². The first kappa shape index (κ1) is 49.3. The first-order chi connectivity index (χ1) is 25.8. The lowest BCUT2D eigenvalue weighted by molar-refractivity contribution is -0.144. The highest BCUT2D eigenvalue weighted by Gasteiger charge is 2.33. The SMILES string of the molecule is C[C@H](NC(=O)[C@H](CCCN=C(N)N)NC(=O)[C@H](CCCCN)NC(=O)[C@@H](N)CCC(=O)O)C(=O)N[C@@H](CC(=O)O)C(=O)N[C@@H](CO)C(=O)N[C@@H](CO)C(=O)O.